The second kappa shape index (κ2) is 7.61. The highest BCUT2D eigenvalue weighted by Gasteiger charge is 2.31. The zero-order valence-electron chi connectivity index (χ0n) is 13.5. The van der Waals surface area contributed by atoms with E-state index in [1.165, 1.54) is 24.8 Å². The molecule has 1 aromatic heterocycles. The van der Waals surface area contributed by atoms with E-state index in [2.05, 4.69) is 36.3 Å². The molecule has 1 atom stereocenters. The van der Waals surface area contributed by atoms with E-state index in [-0.39, 0.29) is 12.1 Å². The van der Waals surface area contributed by atoms with Gasteiger partial charge in [0.1, 0.15) is 0 Å². The number of hydrogen-bond donors (Lipinski definition) is 2. The number of nitrogens with zero attached hydrogens (tertiary/aromatic N) is 1. The van der Waals surface area contributed by atoms with Crippen LogP contribution in [-0.2, 0) is 0 Å². The predicted molar refractivity (Wildman–Crippen MR) is 89.9 cm³/mol. The Morgan fingerprint density at radius 1 is 1.33 bits per heavy atom. The van der Waals surface area contributed by atoms with Crippen LogP contribution >= 0.6 is 11.8 Å². The molecule has 2 N–H and O–H groups in total. The molecule has 1 heterocycles. The Morgan fingerprint density at radius 3 is 2.71 bits per heavy atom. The van der Waals surface area contributed by atoms with Crippen molar-refractivity contribution in [2.75, 3.05) is 12.4 Å². The lowest BCUT2D eigenvalue weighted by Crippen LogP contribution is -2.46. The maximum absolute atomic E-state index is 9.58. The monoisotopic (exact) mass is 308 g/mol. The van der Waals surface area contributed by atoms with Gasteiger partial charge in [0.25, 0.3) is 0 Å². The molecule has 0 radical (unpaired) electrons. The normalized spacial score (nSPS) is 17.7. The number of pyridine rings is 1. The minimum Gasteiger partial charge on any atom is -0.394 e. The van der Waals surface area contributed by atoms with Crippen molar-refractivity contribution in [3.8, 4) is 0 Å². The van der Waals surface area contributed by atoms with E-state index >= 15 is 0 Å². The summed E-state index contributed by atoms with van der Waals surface area (Å²) in [7, 11) is 0. The molecule has 0 amide bonds. The molecule has 118 valence electrons. The number of aliphatic hydroxyl groups is 1. The average Bonchev–Trinajstić information content (AvgIpc) is 3.21. The van der Waals surface area contributed by atoms with Gasteiger partial charge in [0.2, 0.25) is 0 Å². The van der Waals surface area contributed by atoms with Crippen molar-refractivity contribution in [3.05, 3.63) is 23.4 Å². The second-order valence-corrected chi connectivity index (χ2v) is 7.68. The smallest absolute Gasteiger partial charge is 0.0965 e. The van der Waals surface area contributed by atoms with Gasteiger partial charge in [0.15, 0.2) is 0 Å². The summed E-state index contributed by atoms with van der Waals surface area (Å²) in [5.74, 6) is 1.10. The van der Waals surface area contributed by atoms with Crippen LogP contribution in [0.5, 0.6) is 0 Å². The highest BCUT2D eigenvalue weighted by atomic mass is 32.2. The van der Waals surface area contributed by atoms with Crippen LogP contribution in [0.25, 0.3) is 0 Å². The summed E-state index contributed by atoms with van der Waals surface area (Å²) in [4.78, 5) is 4.55. The van der Waals surface area contributed by atoms with Crippen molar-refractivity contribution in [1.29, 1.82) is 0 Å². The van der Waals surface area contributed by atoms with E-state index in [0.29, 0.717) is 6.04 Å². The third-order valence-corrected chi connectivity index (χ3v) is 4.92. The molecule has 0 bridgehead atoms. The van der Waals surface area contributed by atoms with Crippen LogP contribution in [0.4, 0.5) is 0 Å². The Hall–Kier alpha value is -0.580. The van der Waals surface area contributed by atoms with Gasteiger partial charge >= 0.3 is 0 Å². The molecule has 4 heteroatoms. The summed E-state index contributed by atoms with van der Waals surface area (Å²) in [6, 6.07) is 4.92. The first kappa shape index (κ1) is 16.8. The molecule has 1 aromatic rings. The fourth-order valence-corrected chi connectivity index (χ4v) is 3.62. The van der Waals surface area contributed by atoms with Gasteiger partial charge in [-0.25, -0.2) is 4.98 Å². The predicted octanol–water partition coefficient (Wildman–Crippen LogP) is 3.46. The Balaban J connectivity index is 1.66. The van der Waals surface area contributed by atoms with Gasteiger partial charge in [0.05, 0.1) is 11.6 Å². The van der Waals surface area contributed by atoms with E-state index in [0.717, 1.165) is 29.3 Å². The summed E-state index contributed by atoms with van der Waals surface area (Å²) in [5.41, 5.74) is 2.29. The number of aliphatic hydroxyl groups excluding tert-OH is 1. The fraction of sp³-hybridized carbons (Fsp3) is 0.706. The van der Waals surface area contributed by atoms with Crippen LogP contribution < -0.4 is 5.32 Å². The summed E-state index contributed by atoms with van der Waals surface area (Å²) in [5, 5.41) is 14.3. The summed E-state index contributed by atoms with van der Waals surface area (Å²) >= 11 is 1.84. The molecule has 0 aromatic carbocycles. The van der Waals surface area contributed by atoms with Crippen LogP contribution in [0.15, 0.2) is 17.2 Å². The van der Waals surface area contributed by atoms with Gasteiger partial charge in [-0.15, -0.1) is 11.8 Å². The van der Waals surface area contributed by atoms with E-state index in [1.807, 2.05) is 18.7 Å². The first-order chi connectivity index (χ1) is 10.0. The van der Waals surface area contributed by atoms with Crippen LogP contribution in [0.2, 0.25) is 0 Å². The molecular formula is C17H28N2OS. The number of rotatable bonds is 9. The number of thioether (sulfide) groups is 1. The Labute approximate surface area is 132 Å². The SMILES string of the molecule is Cc1cc(C)nc(SCCCCC(C)(CO)NC2CC2)c1. The molecule has 1 saturated carbocycles. The van der Waals surface area contributed by atoms with Gasteiger partial charge in [-0.3, -0.25) is 0 Å². The van der Waals surface area contributed by atoms with Crippen molar-refractivity contribution in [2.45, 2.75) is 69.5 Å². The van der Waals surface area contributed by atoms with Gasteiger partial charge < -0.3 is 10.4 Å². The topological polar surface area (TPSA) is 45.2 Å². The number of aryl methyl sites for hydroxylation is 2. The molecule has 3 nitrogen and oxygen atoms in total. The van der Waals surface area contributed by atoms with Crippen LogP contribution in [0.1, 0.15) is 50.3 Å². The van der Waals surface area contributed by atoms with Crippen LogP contribution in [0, 0.1) is 13.8 Å². The third-order valence-electron chi connectivity index (χ3n) is 3.93. The largest absolute Gasteiger partial charge is 0.394 e. The lowest BCUT2D eigenvalue weighted by Gasteiger charge is -2.29. The number of nitrogens with one attached hydrogen (secondary N) is 1. The van der Waals surface area contributed by atoms with Crippen molar-refractivity contribution in [3.63, 3.8) is 0 Å². The first-order valence-electron chi connectivity index (χ1n) is 7.97. The van der Waals surface area contributed by atoms with Gasteiger partial charge in [-0.2, -0.15) is 0 Å². The molecule has 1 unspecified atom stereocenters. The van der Waals surface area contributed by atoms with Crippen LogP contribution in [0.3, 0.4) is 0 Å². The second-order valence-electron chi connectivity index (χ2n) is 6.57. The lowest BCUT2D eigenvalue weighted by molar-refractivity contribution is 0.161. The van der Waals surface area contributed by atoms with Crippen molar-refractivity contribution in [2.24, 2.45) is 0 Å². The van der Waals surface area contributed by atoms with Crippen molar-refractivity contribution >= 4 is 11.8 Å². The lowest BCUT2D eigenvalue weighted by atomic mass is 9.96. The Morgan fingerprint density at radius 2 is 2.10 bits per heavy atom. The number of unbranched alkanes of at least 4 members (excludes halogenated alkanes) is 1. The van der Waals surface area contributed by atoms with E-state index in [9.17, 15) is 5.11 Å². The van der Waals surface area contributed by atoms with E-state index in [1.54, 1.807) is 0 Å². The van der Waals surface area contributed by atoms with E-state index in [4.69, 9.17) is 0 Å². The van der Waals surface area contributed by atoms with Gasteiger partial charge in [0, 0.05) is 17.3 Å². The zero-order valence-corrected chi connectivity index (χ0v) is 14.3. The molecule has 1 aliphatic carbocycles. The first-order valence-corrected chi connectivity index (χ1v) is 8.96. The summed E-state index contributed by atoms with van der Waals surface area (Å²) in [6.45, 7) is 6.54. The molecule has 1 aliphatic rings. The molecular weight excluding hydrogens is 280 g/mol. The minimum atomic E-state index is -0.0932. The summed E-state index contributed by atoms with van der Waals surface area (Å²) < 4.78 is 0. The maximum Gasteiger partial charge on any atom is 0.0965 e. The number of aromatic nitrogens is 1. The molecule has 0 spiro atoms. The van der Waals surface area contributed by atoms with Gasteiger partial charge in [-0.05, 0) is 69.9 Å². The van der Waals surface area contributed by atoms with Gasteiger partial charge in [-0.1, -0.05) is 6.42 Å². The molecule has 0 saturated heterocycles. The molecule has 21 heavy (non-hydrogen) atoms. The average molecular weight is 308 g/mol. The standard InChI is InChI=1S/C17H28N2OS/c1-13-10-14(2)18-16(11-13)21-9-5-4-8-17(3,12-20)19-15-6-7-15/h10-11,15,19-20H,4-9,12H2,1-3H3. The van der Waals surface area contributed by atoms with Crippen molar-refractivity contribution in [1.82, 2.24) is 10.3 Å². The Kier molecular flexibility index (Phi) is 6.08. The highest BCUT2D eigenvalue weighted by Crippen LogP contribution is 2.26. The quantitative estimate of drug-likeness (QED) is 0.542. The van der Waals surface area contributed by atoms with E-state index < -0.39 is 0 Å². The molecule has 0 aliphatic heterocycles. The molecule has 1 fully saturated rings. The zero-order chi connectivity index (χ0) is 15.3. The minimum absolute atomic E-state index is 0.0932. The highest BCUT2D eigenvalue weighted by molar-refractivity contribution is 7.99. The Bertz CT molecular complexity index is 442. The number of hydrogen-bond acceptors (Lipinski definition) is 4. The molecule has 2 rings (SSSR count). The summed E-state index contributed by atoms with van der Waals surface area (Å²) in [6.07, 6.45) is 5.89. The van der Waals surface area contributed by atoms with Crippen LogP contribution in [-0.4, -0.2) is 34.0 Å². The maximum atomic E-state index is 9.58. The fourth-order valence-electron chi connectivity index (χ4n) is 2.59. The third kappa shape index (κ3) is 5.97. The van der Waals surface area contributed by atoms with Crippen molar-refractivity contribution < 1.29 is 5.11 Å².